The predicted molar refractivity (Wildman–Crippen MR) is 164 cm³/mol. The molecule has 9 nitrogen and oxygen atoms in total. The number of ether oxygens (including phenoxy) is 1. The molecule has 0 N–H and O–H groups in total. The largest absolute Gasteiger partial charge is 0.443 e. The molecular weight excluding hydrogens is 547 g/mol. The van der Waals surface area contributed by atoms with Crippen LogP contribution in [0.25, 0.3) is 11.0 Å². The molecule has 220 valence electrons. The molecule has 0 aliphatic carbocycles. The topological polar surface area (TPSA) is 85.5 Å². The molecule has 10 heteroatoms. The molecule has 1 aliphatic heterocycles. The molecule has 5 aromatic rings. The molecule has 0 amide bonds. The van der Waals surface area contributed by atoms with Crippen LogP contribution in [0.4, 0.5) is 16.3 Å². The van der Waals surface area contributed by atoms with Crippen LogP contribution in [-0.2, 0) is 29.2 Å². The molecule has 3 heterocycles. The lowest BCUT2D eigenvalue weighted by molar-refractivity contribution is -0.146. The van der Waals surface area contributed by atoms with Crippen LogP contribution in [-0.4, -0.2) is 51.3 Å². The number of halogens is 1. The highest BCUT2D eigenvalue weighted by atomic mass is 19.1. The number of hydrogen-bond acceptors (Lipinski definition) is 7. The van der Waals surface area contributed by atoms with Gasteiger partial charge in [-0.1, -0.05) is 54.6 Å². The monoisotopic (exact) mass is 580 g/mol. The molecule has 0 unspecified atom stereocenters. The molecule has 3 aromatic carbocycles. The maximum Gasteiger partial charge on any atom is 0.311 e. The molecule has 2 aromatic heterocycles. The lowest BCUT2D eigenvalue weighted by Gasteiger charge is -2.38. The van der Waals surface area contributed by atoms with E-state index in [-0.39, 0.29) is 30.6 Å². The number of para-hydroxylation sites is 2. The summed E-state index contributed by atoms with van der Waals surface area (Å²) in [5.74, 6) is 0.676. The molecule has 6 rings (SSSR count). The average molecular weight is 581 g/mol. The summed E-state index contributed by atoms with van der Waals surface area (Å²) in [6, 6.07) is 25.5. The number of rotatable bonds is 9. The Bertz CT molecular complexity index is 1760. The van der Waals surface area contributed by atoms with Gasteiger partial charge in [0.25, 0.3) is 5.56 Å². The van der Waals surface area contributed by atoms with Crippen LogP contribution in [0.1, 0.15) is 24.0 Å². The van der Waals surface area contributed by atoms with E-state index in [2.05, 4.69) is 20.5 Å². The number of fused-ring (bicyclic) bond motifs is 1. The van der Waals surface area contributed by atoms with Crippen molar-refractivity contribution >= 4 is 28.9 Å². The second-order valence-corrected chi connectivity index (χ2v) is 10.8. The van der Waals surface area contributed by atoms with Crippen LogP contribution >= 0.6 is 0 Å². The molecule has 1 aliphatic rings. The zero-order valence-corrected chi connectivity index (χ0v) is 24.0. The van der Waals surface area contributed by atoms with E-state index < -0.39 is 5.97 Å². The van der Waals surface area contributed by atoms with Crippen molar-refractivity contribution in [1.29, 1.82) is 0 Å². The summed E-state index contributed by atoms with van der Waals surface area (Å²) < 4.78 is 22.6. The first kappa shape index (κ1) is 28.1. The number of benzene rings is 3. The molecule has 43 heavy (non-hydrogen) atoms. The van der Waals surface area contributed by atoms with Gasteiger partial charge < -0.3 is 19.1 Å². The summed E-state index contributed by atoms with van der Waals surface area (Å²) in [5.41, 5.74) is 3.51. The number of nitrogens with zero attached hydrogens (tertiary/aromatic N) is 6. The normalized spacial score (nSPS) is 13.8. The van der Waals surface area contributed by atoms with Gasteiger partial charge in [-0.2, -0.15) is 0 Å². The molecule has 1 saturated heterocycles. The van der Waals surface area contributed by atoms with Crippen molar-refractivity contribution in [2.45, 2.75) is 38.6 Å². The third-order valence-electron chi connectivity index (χ3n) is 7.96. The van der Waals surface area contributed by atoms with E-state index in [0.717, 1.165) is 54.0 Å². The fourth-order valence-electron chi connectivity index (χ4n) is 5.63. The Morgan fingerprint density at radius 1 is 0.930 bits per heavy atom. The first-order valence-electron chi connectivity index (χ1n) is 14.4. The molecule has 0 radical (unpaired) electrons. The van der Waals surface area contributed by atoms with Crippen molar-refractivity contribution in [2.24, 2.45) is 0 Å². The lowest BCUT2D eigenvalue weighted by Crippen LogP contribution is -2.46. The highest BCUT2D eigenvalue weighted by Crippen LogP contribution is 2.28. The van der Waals surface area contributed by atoms with Gasteiger partial charge in [0.1, 0.15) is 5.82 Å². The average Bonchev–Trinajstić information content (AvgIpc) is 3.40. The maximum absolute atomic E-state index is 13.5. The Morgan fingerprint density at radius 2 is 1.65 bits per heavy atom. The minimum absolute atomic E-state index is 0.117. The Morgan fingerprint density at radius 3 is 2.42 bits per heavy atom. The Kier molecular flexibility index (Phi) is 8.17. The van der Waals surface area contributed by atoms with Crippen molar-refractivity contribution in [2.75, 3.05) is 29.9 Å². The molecule has 0 saturated carbocycles. The van der Waals surface area contributed by atoms with Gasteiger partial charge in [0.2, 0.25) is 11.9 Å². The van der Waals surface area contributed by atoms with Crippen LogP contribution in [0.3, 0.4) is 0 Å². The number of carbonyl (C=O) groups excluding carboxylic acids is 1. The first-order chi connectivity index (χ1) is 21.0. The van der Waals surface area contributed by atoms with E-state index in [0.29, 0.717) is 12.5 Å². The fraction of sp³-hybridized carbons (Fsp3) is 0.273. The molecule has 0 bridgehead atoms. The van der Waals surface area contributed by atoms with Crippen LogP contribution in [0.5, 0.6) is 0 Å². The van der Waals surface area contributed by atoms with E-state index in [1.54, 1.807) is 12.1 Å². The smallest absolute Gasteiger partial charge is 0.311 e. The van der Waals surface area contributed by atoms with Gasteiger partial charge in [-0.25, -0.2) is 18.9 Å². The van der Waals surface area contributed by atoms with E-state index in [1.165, 1.54) is 29.0 Å². The van der Waals surface area contributed by atoms with Crippen molar-refractivity contribution in [3.05, 3.63) is 118 Å². The number of carbonyl (C=O) groups is 1. The summed E-state index contributed by atoms with van der Waals surface area (Å²) in [5, 5.41) is 0. The molecule has 0 spiro atoms. The highest BCUT2D eigenvalue weighted by Gasteiger charge is 2.28. The minimum Gasteiger partial charge on any atom is -0.443 e. The summed E-state index contributed by atoms with van der Waals surface area (Å²) in [6.07, 6.45) is 3.25. The third kappa shape index (κ3) is 6.28. The van der Waals surface area contributed by atoms with Crippen molar-refractivity contribution in [3.63, 3.8) is 0 Å². The van der Waals surface area contributed by atoms with Crippen molar-refractivity contribution in [1.82, 2.24) is 19.1 Å². The Labute approximate surface area is 248 Å². The van der Waals surface area contributed by atoms with Crippen molar-refractivity contribution in [3.8, 4) is 0 Å². The van der Waals surface area contributed by atoms with Gasteiger partial charge in [0.15, 0.2) is 6.73 Å². The Hall–Kier alpha value is -4.99. The van der Waals surface area contributed by atoms with E-state index >= 15 is 0 Å². The maximum atomic E-state index is 13.5. The Balaban J connectivity index is 1.15. The van der Waals surface area contributed by atoms with Gasteiger partial charge >= 0.3 is 5.97 Å². The number of anilines is 2. The molecular formula is C33H33FN6O3. The highest BCUT2D eigenvalue weighted by molar-refractivity contribution is 5.79. The molecule has 1 fully saturated rings. The number of piperidine rings is 1. The summed E-state index contributed by atoms with van der Waals surface area (Å²) in [6.45, 7) is 1.89. The van der Waals surface area contributed by atoms with Gasteiger partial charge in [0.05, 0.1) is 24.0 Å². The summed E-state index contributed by atoms with van der Waals surface area (Å²) in [7, 11) is 1.92. The van der Waals surface area contributed by atoms with Crippen LogP contribution in [0.15, 0.2) is 95.9 Å². The molecule has 0 atom stereocenters. The fourth-order valence-corrected chi connectivity index (χ4v) is 5.63. The number of imidazole rings is 1. The lowest BCUT2D eigenvalue weighted by atomic mass is 10.0. The van der Waals surface area contributed by atoms with Gasteiger partial charge in [0, 0.05) is 38.4 Å². The first-order valence-corrected chi connectivity index (χ1v) is 14.4. The zero-order valence-electron chi connectivity index (χ0n) is 24.0. The minimum atomic E-state index is -0.410. The summed E-state index contributed by atoms with van der Waals surface area (Å²) in [4.78, 5) is 39.0. The number of aromatic nitrogens is 4. The summed E-state index contributed by atoms with van der Waals surface area (Å²) >= 11 is 0. The van der Waals surface area contributed by atoms with E-state index in [1.807, 2.05) is 60.5 Å². The zero-order chi connectivity index (χ0) is 29.8. The van der Waals surface area contributed by atoms with E-state index in [4.69, 9.17) is 9.72 Å². The SMILES string of the molecule is CN(c1nccc(=O)n1COC(=O)Cc1ccccc1)C1CCN(c2nc3ccccc3n2Cc2ccc(F)cc2)CC1. The standard InChI is InChI=1S/C33H33FN6O3/c1-37(32-35-18-15-30(41)40(32)23-43-31(42)21-24-7-3-2-4-8-24)27-16-19-38(20-17-27)33-36-28-9-5-6-10-29(28)39(33)22-25-11-13-26(34)14-12-25/h2-15,18,27H,16-17,19-23H2,1H3. The second kappa shape index (κ2) is 12.5. The van der Waals surface area contributed by atoms with Crippen molar-refractivity contribution < 1.29 is 13.9 Å². The van der Waals surface area contributed by atoms with Crippen LogP contribution in [0.2, 0.25) is 0 Å². The second-order valence-electron chi connectivity index (χ2n) is 10.8. The van der Waals surface area contributed by atoms with Crippen LogP contribution in [0, 0.1) is 5.82 Å². The number of hydrogen-bond donors (Lipinski definition) is 0. The van der Waals surface area contributed by atoms with Crippen LogP contribution < -0.4 is 15.4 Å². The predicted octanol–water partition coefficient (Wildman–Crippen LogP) is 4.63. The number of esters is 1. The quantitative estimate of drug-likeness (QED) is 0.235. The third-order valence-corrected chi connectivity index (χ3v) is 7.96. The van der Waals surface area contributed by atoms with Gasteiger partial charge in [-0.05, 0) is 48.2 Å². The van der Waals surface area contributed by atoms with E-state index in [9.17, 15) is 14.0 Å². The van der Waals surface area contributed by atoms with Gasteiger partial charge in [-0.15, -0.1) is 0 Å². The van der Waals surface area contributed by atoms with Gasteiger partial charge in [-0.3, -0.25) is 9.59 Å².